The molecule has 6 nitrogen and oxygen atoms in total. The zero-order valence-electron chi connectivity index (χ0n) is 18.5. The van der Waals surface area contributed by atoms with Crippen LogP contribution in [-0.4, -0.2) is 43.5 Å². The molecule has 0 amide bonds. The van der Waals surface area contributed by atoms with Crippen LogP contribution in [0.2, 0.25) is 0 Å². The number of Topliss-reactive ketones (excluding diaryl/α,β-unsaturated/α-hetero) is 1. The summed E-state index contributed by atoms with van der Waals surface area (Å²) < 4.78 is 11.3. The van der Waals surface area contributed by atoms with E-state index in [1.165, 1.54) is 0 Å². The number of methoxy groups -OCH3 is 1. The van der Waals surface area contributed by atoms with E-state index in [4.69, 9.17) is 9.47 Å². The Hall–Kier alpha value is -3.02. The monoisotopic (exact) mass is 422 g/mol. The number of nitrogens with zero attached hydrogens (tertiary/aromatic N) is 1. The van der Waals surface area contributed by atoms with Gasteiger partial charge >= 0.3 is 5.97 Å². The summed E-state index contributed by atoms with van der Waals surface area (Å²) in [6, 6.07) is 7.85. The molecule has 164 valence electrons. The first-order chi connectivity index (χ1) is 14.9. The summed E-state index contributed by atoms with van der Waals surface area (Å²) in [6.07, 6.45) is 2.91. The topological polar surface area (TPSA) is 67.9 Å². The highest BCUT2D eigenvalue weighted by Crippen LogP contribution is 2.41. The number of likely N-dealkylation sites (tertiary alicyclic amines) is 1. The Morgan fingerprint density at radius 3 is 2.77 bits per heavy atom. The van der Waals surface area contributed by atoms with Crippen LogP contribution in [0.5, 0.6) is 5.75 Å². The van der Waals surface area contributed by atoms with Gasteiger partial charge in [-0.25, -0.2) is 4.79 Å². The molecule has 1 aromatic rings. The molecule has 6 heteroatoms. The Bertz CT molecular complexity index is 991. The van der Waals surface area contributed by atoms with Crippen LogP contribution in [0.15, 0.2) is 59.1 Å². The molecule has 1 N–H and O–H groups in total. The number of piperidine rings is 1. The Kier molecular flexibility index (Phi) is 5.90. The fourth-order valence-corrected chi connectivity index (χ4v) is 4.71. The molecule has 3 aliphatic rings. The third-order valence-corrected chi connectivity index (χ3v) is 6.60. The first-order valence-electron chi connectivity index (χ1n) is 10.8. The highest BCUT2D eigenvalue weighted by Gasteiger charge is 2.35. The van der Waals surface area contributed by atoms with Crippen molar-refractivity contribution in [3.8, 4) is 5.75 Å². The number of ether oxygens (including phenoxy) is 2. The zero-order chi connectivity index (χ0) is 22.1. The molecular weight excluding hydrogens is 392 g/mol. The predicted molar refractivity (Wildman–Crippen MR) is 118 cm³/mol. The molecular formula is C25H30N2O4. The van der Waals surface area contributed by atoms with E-state index in [2.05, 4.69) is 11.9 Å². The van der Waals surface area contributed by atoms with Crippen LogP contribution in [0.1, 0.15) is 50.5 Å². The molecule has 0 aromatic heterocycles. The van der Waals surface area contributed by atoms with Crippen molar-refractivity contribution in [2.75, 3.05) is 20.7 Å². The summed E-state index contributed by atoms with van der Waals surface area (Å²) in [5, 5.41) is 3.34. The normalized spacial score (nSPS) is 24.0. The second kappa shape index (κ2) is 8.61. The van der Waals surface area contributed by atoms with Crippen molar-refractivity contribution in [2.24, 2.45) is 0 Å². The quantitative estimate of drug-likeness (QED) is 0.744. The number of allylic oxidation sites excluding steroid dienone is 4. The van der Waals surface area contributed by atoms with Crippen molar-refractivity contribution in [3.63, 3.8) is 0 Å². The smallest absolute Gasteiger partial charge is 0.336 e. The van der Waals surface area contributed by atoms with Gasteiger partial charge in [-0.15, -0.1) is 0 Å². The SMILES string of the molecule is C=C1CC[C@H](OC(=O)C2=C(C)NC3=C(C2)C(=O)C[C@H](c2ccccc2OC)C3)CN1C. The van der Waals surface area contributed by atoms with Gasteiger partial charge in [-0.2, -0.15) is 0 Å². The molecule has 2 atom stereocenters. The minimum atomic E-state index is -0.331. The predicted octanol–water partition coefficient (Wildman–Crippen LogP) is 3.81. The Labute approximate surface area is 183 Å². The second-order valence-corrected chi connectivity index (χ2v) is 8.65. The molecule has 2 aliphatic heterocycles. The number of carbonyl (C=O) groups excluding carboxylic acids is 2. The molecule has 0 bridgehead atoms. The fourth-order valence-electron chi connectivity index (χ4n) is 4.71. The Morgan fingerprint density at radius 1 is 1.26 bits per heavy atom. The van der Waals surface area contributed by atoms with Crippen LogP contribution in [0, 0.1) is 0 Å². The van der Waals surface area contributed by atoms with Crippen molar-refractivity contribution in [3.05, 3.63) is 64.6 Å². The van der Waals surface area contributed by atoms with Crippen LogP contribution in [0.25, 0.3) is 0 Å². The Morgan fingerprint density at radius 2 is 2.03 bits per heavy atom. The first-order valence-corrected chi connectivity index (χ1v) is 10.8. The third-order valence-electron chi connectivity index (χ3n) is 6.60. The number of hydrogen-bond donors (Lipinski definition) is 1. The van der Waals surface area contributed by atoms with E-state index in [1.54, 1.807) is 7.11 Å². The summed E-state index contributed by atoms with van der Waals surface area (Å²) in [5.74, 6) is 0.608. The molecule has 1 aromatic carbocycles. The highest BCUT2D eigenvalue weighted by atomic mass is 16.5. The zero-order valence-corrected chi connectivity index (χ0v) is 18.5. The molecule has 4 rings (SSSR count). The average Bonchev–Trinajstić information content (AvgIpc) is 2.75. The summed E-state index contributed by atoms with van der Waals surface area (Å²) in [4.78, 5) is 28.0. The lowest BCUT2D eigenvalue weighted by molar-refractivity contribution is -0.146. The van der Waals surface area contributed by atoms with E-state index in [0.717, 1.165) is 47.7 Å². The standard InChI is InChI=1S/C25H30N2O4/c1-15-9-10-18(14-27(15)3)31-25(29)20-13-21-22(26-16(20)2)11-17(12-23(21)28)19-7-5-6-8-24(19)30-4/h5-8,17-18,26H,1,9-14H2,2-4H3/t17-,18+/m1/s1. The number of ketones is 1. The number of esters is 1. The molecule has 0 radical (unpaired) electrons. The lowest BCUT2D eigenvalue weighted by Gasteiger charge is -2.34. The van der Waals surface area contributed by atoms with E-state index < -0.39 is 0 Å². The third kappa shape index (κ3) is 4.24. The van der Waals surface area contributed by atoms with Gasteiger partial charge in [-0.05, 0) is 37.8 Å². The van der Waals surface area contributed by atoms with Crippen LogP contribution < -0.4 is 10.1 Å². The molecule has 31 heavy (non-hydrogen) atoms. The van der Waals surface area contributed by atoms with Gasteiger partial charge in [0.05, 0.1) is 19.2 Å². The van der Waals surface area contributed by atoms with E-state index in [0.29, 0.717) is 30.5 Å². The summed E-state index contributed by atoms with van der Waals surface area (Å²) >= 11 is 0. The molecule has 0 saturated carbocycles. The molecule has 2 heterocycles. The summed E-state index contributed by atoms with van der Waals surface area (Å²) in [7, 11) is 3.61. The van der Waals surface area contributed by atoms with Crippen molar-refractivity contribution in [1.82, 2.24) is 10.2 Å². The molecule has 1 fully saturated rings. The van der Waals surface area contributed by atoms with Gasteiger partial charge in [0.25, 0.3) is 0 Å². The largest absolute Gasteiger partial charge is 0.496 e. The number of benzene rings is 1. The number of para-hydroxylation sites is 1. The van der Waals surface area contributed by atoms with Gasteiger partial charge in [0.1, 0.15) is 11.9 Å². The number of dihydropyridines is 1. The first kappa shape index (κ1) is 21.2. The molecule has 0 spiro atoms. The van der Waals surface area contributed by atoms with Crippen LogP contribution in [0.3, 0.4) is 0 Å². The van der Waals surface area contributed by atoms with E-state index in [1.807, 2.05) is 43.1 Å². The summed E-state index contributed by atoms with van der Waals surface area (Å²) in [6.45, 7) is 6.55. The summed E-state index contributed by atoms with van der Waals surface area (Å²) in [5.41, 5.74) is 5.05. The van der Waals surface area contributed by atoms with Crippen molar-refractivity contribution in [2.45, 2.75) is 51.0 Å². The number of rotatable bonds is 4. The minimum absolute atomic E-state index is 0.0575. The van der Waals surface area contributed by atoms with Crippen LogP contribution in [-0.2, 0) is 14.3 Å². The number of carbonyl (C=O) groups is 2. The van der Waals surface area contributed by atoms with Gasteiger partial charge in [0.15, 0.2) is 5.78 Å². The van der Waals surface area contributed by atoms with Crippen molar-refractivity contribution >= 4 is 11.8 Å². The maximum Gasteiger partial charge on any atom is 0.336 e. The second-order valence-electron chi connectivity index (χ2n) is 8.65. The van der Waals surface area contributed by atoms with Crippen molar-refractivity contribution in [1.29, 1.82) is 0 Å². The number of nitrogens with one attached hydrogen (secondary N) is 1. The fraction of sp³-hybridized carbons (Fsp3) is 0.440. The van der Waals surface area contributed by atoms with Gasteiger partial charge < -0.3 is 19.7 Å². The van der Waals surface area contributed by atoms with Gasteiger partial charge in [-0.1, -0.05) is 24.8 Å². The van der Waals surface area contributed by atoms with Gasteiger partial charge in [-0.3, -0.25) is 4.79 Å². The number of hydrogen-bond acceptors (Lipinski definition) is 6. The molecule has 1 saturated heterocycles. The maximum absolute atomic E-state index is 13.0. The minimum Gasteiger partial charge on any atom is -0.496 e. The van der Waals surface area contributed by atoms with Crippen LogP contribution >= 0.6 is 0 Å². The van der Waals surface area contributed by atoms with Gasteiger partial charge in [0, 0.05) is 48.5 Å². The highest BCUT2D eigenvalue weighted by molar-refractivity contribution is 6.01. The Balaban J connectivity index is 1.47. The number of likely N-dealkylation sites (N-methyl/N-ethyl adjacent to an activating group) is 1. The van der Waals surface area contributed by atoms with Crippen molar-refractivity contribution < 1.29 is 19.1 Å². The van der Waals surface area contributed by atoms with E-state index >= 15 is 0 Å². The average molecular weight is 423 g/mol. The van der Waals surface area contributed by atoms with E-state index in [-0.39, 0.29) is 23.8 Å². The maximum atomic E-state index is 13.0. The van der Waals surface area contributed by atoms with Crippen LogP contribution in [0.4, 0.5) is 0 Å². The lowest BCUT2D eigenvalue weighted by Crippen LogP contribution is -2.38. The molecule has 1 aliphatic carbocycles. The van der Waals surface area contributed by atoms with E-state index in [9.17, 15) is 9.59 Å². The molecule has 0 unspecified atom stereocenters. The van der Waals surface area contributed by atoms with Gasteiger partial charge in [0.2, 0.25) is 0 Å². The lowest BCUT2D eigenvalue weighted by atomic mass is 9.78.